The molecule has 1 aromatic carbocycles. The van der Waals surface area contributed by atoms with Gasteiger partial charge >= 0.3 is 0 Å². The highest BCUT2D eigenvalue weighted by Crippen LogP contribution is 2.21. The minimum atomic E-state index is 0.548. The Hall–Kier alpha value is -1.00. The molecule has 0 radical (unpaired) electrons. The summed E-state index contributed by atoms with van der Waals surface area (Å²) in [5.41, 5.74) is 0.895. The summed E-state index contributed by atoms with van der Waals surface area (Å²) in [7, 11) is 0. The maximum atomic E-state index is 5.83. The number of hydrogen-bond donors (Lipinski definition) is 0. The van der Waals surface area contributed by atoms with E-state index in [4.69, 9.17) is 16.1 Å². The van der Waals surface area contributed by atoms with E-state index in [1.807, 2.05) is 36.0 Å². The van der Waals surface area contributed by atoms with Crippen molar-refractivity contribution in [3.63, 3.8) is 0 Å². The third-order valence-corrected chi connectivity index (χ3v) is 3.86. The van der Waals surface area contributed by atoms with E-state index in [2.05, 4.69) is 24.0 Å². The molecule has 1 aromatic heterocycles. The van der Waals surface area contributed by atoms with E-state index >= 15 is 0 Å². The number of hydrogen-bond acceptors (Lipinski definition) is 4. The molecule has 0 fully saturated rings. The summed E-state index contributed by atoms with van der Waals surface area (Å²) < 4.78 is 5.23. The molecule has 0 saturated carbocycles. The van der Waals surface area contributed by atoms with Crippen molar-refractivity contribution >= 4 is 23.4 Å². The van der Waals surface area contributed by atoms with Crippen LogP contribution in [-0.2, 0) is 5.75 Å². The zero-order valence-electron chi connectivity index (χ0n) is 10.4. The Bertz CT molecular complexity index is 496. The molecule has 2 rings (SSSR count). The van der Waals surface area contributed by atoms with Gasteiger partial charge in [-0.2, -0.15) is 16.7 Å². The van der Waals surface area contributed by atoms with Gasteiger partial charge in [0.1, 0.15) is 0 Å². The Morgan fingerprint density at radius 3 is 2.67 bits per heavy atom. The zero-order chi connectivity index (χ0) is 13.0. The summed E-state index contributed by atoms with van der Waals surface area (Å²) in [6, 6.07) is 7.38. The second-order valence-electron chi connectivity index (χ2n) is 4.43. The fraction of sp³-hybridized carbons (Fsp3) is 0.385. The number of rotatable bonds is 5. The Balaban J connectivity index is 1.99. The van der Waals surface area contributed by atoms with Crippen LogP contribution in [-0.4, -0.2) is 15.9 Å². The van der Waals surface area contributed by atoms with Gasteiger partial charge in [0.15, 0.2) is 5.82 Å². The minimum absolute atomic E-state index is 0.548. The van der Waals surface area contributed by atoms with Gasteiger partial charge in [-0.3, -0.25) is 0 Å². The molecule has 0 unspecified atom stereocenters. The molecule has 0 amide bonds. The summed E-state index contributed by atoms with van der Waals surface area (Å²) in [6.45, 7) is 4.39. The molecule has 0 saturated heterocycles. The first-order chi connectivity index (χ1) is 8.65. The van der Waals surface area contributed by atoms with Crippen LogP contribution in [0.2, 0.25) is 5.02 Å². The van der Waals surface area contributed by atoms with Gasteiger partial charge in [-0.15, -0.1) is 0 Å². The fourth-order valence-corrected chi connectivity index (χ4v) is 2.42. The molecular formula is C13H15ClN2OS. The highest BCUT2D eigenvalue weighted by atomic mass is 35.5. The van der Waals surface area contributed by atoms with Crippen LogP contribution in [0.1, 0.15) is 19.7 Å². The van der Waals surface area contributed by atoms with Gasteiger partial charge in [-0.25, -0.2) is 0 Å². The first-order valence-electron chi connectivity index (χ1n) is 5.81. The van der Waals surface area contributed by atoms with Crippen LogP contribution in [0, 0.1) is 5.92 Å². The predicted molar refractivity (Wildman–Crippen MR) is 75.7 cm³/mol. The molecule has 0 spiro atoms. The van der Waals surface area contributed by atoms with Crippen LogP contribution >= 0.6 is 23.4 Å². The van der Waals surface area contributed by atoms with Gasteiger partial charge in [0.25, 0.3) is 5.89 Å². The van der Waals surface area contributed by atoms with Gasteiger partial charge < -0.3 is 4.52 Å². The van der Waals surface area contributed by atoms with Gasteiger partial charge in [0.05, 0.1) is 5.75 Å². The van der Waals surface area contributed by atoms with Crippen molar-refractivity contribution in [2.45, 2.75) is 19.6 Å². The van der Waals surface area contributed by atoms with E-state index in [9.17, 15) is 0 Å². The van der Waals surface area contributed by atoms with E-state index in [0.29, 0.717) is 16.8 Å². The van der Waals surface area contributed by atoms with E-state index in [1.54, 1.807) is 0 Å². The number of halogens is 1. The summed E-state index contributed by atoms with van der Waals surface area (Å²) in [4.78, 5) is 4.37. The maximum absolute atomic E-state index is 5.83. The molecule has 0 aliphatic rings. The molecule has 0 bridgehead atoms. The zero-order valence-corrected chi connectivity index (χ0v) is 12.0. The molecule has 96 valence electrons. The van der Waals surface area contributed by atoms with Crippen molar-refractivity contribution in [1.29, 1.82) is 0 Å². The SMILES string of the molecule is CC(C)CSCc1noc(-c2ccc(Cl)cc2)n1. The van der Waals surface area contributed by atoms with Crippen LogP contribution in [0.25, 0.3) is 11.5 Å². The summed E-state index contributed by atoms with van der Waals surface area (Å²) in [6.07, 6.45) is 0. The third kappa shape index (κ3) is 3.75. The molecule has 2 aromatic rings. The van der Waals surface area contributed by atoms with E-state index in [0.717, 1.165) is 22.9 Å². The lowest BCUT2D eigenvalue weighted by atomic mass is 10.2. The summed E-state index contributed by atoms with van der Waals surface area (Å²) in [5, 5.41) is 4.67. The molecular weight excluding hydrogens is 268 g/mol. The van der Waals surface area contributed by atoms with E-state index < -0.39 is 0 Å². The van der Waals surface area contributed by atoms with Crippen molar-refractivity contribution in [2.75, 3.05) is 5.75 Å². The lowest BCUT2D eigenvalue weighted by molar-refractivity contribution is 0.425. The van der Waals surface area contributed by atoms with Gasteiger partial charge in [-0.05, 0) is 35.9 Å². The Morgan fingerprint density at radius 2 is 2.00 bits per heavy atom. The summed E-state index contributed by atoms with van der Waals surface area (Å²) in [5.74, 6) is 3.86. The Labute approximate surface area is 116 Å². The number of aromatic nitrogens is 2. The number of thioether (sulfide) groups is 1. The minimum Gasteiger partial charge on any atom is -0.334 e. The van der Waals surface area contributed by atoms with Crippen molar-refractivity contribution in [3.05, 3.63) is 35.1 Å². The van der Waals surface area contributed by atoms with Crippen molar-refractivity contribution in [3.8, 4) is 11.5 Å². The molecule has 5 heteroatoms. The third-order valence-electron chi connectivity index (χ3n) is 2.24. The standard InChI is InChI=1S/C13H15ClN2OS/c1-9(2)7-18-8-12-15-13(17-16-12)10-3-5-11(14)6-4-10/h3-6,9H,7-8H2,1-2H3. The van der Waals surface area contributed by atoms with Gasteiger partial charge in [0, 0.05) is 10.6 Å². The lowest BCUT2D eigenvalue weighted by Crippen LogP contribution is -1.92. The highest BCUT2D eigenvalue weighted by Gasteiger charge is 2.08. The average Bonchev–Trinajstić information content (AvgIpc) is 2.78. The lowest BCUT2D eigenvalue weighted by Gasteiger charge is -2.00. The molecule has 0 aliphatic carbocycles. The molecule has 0 aliphatic heterocycles. The van der Waals surface area contributed by atoms with Crippen LogP contribution < -0.4 is 0 Å². The fourth-order valence-electron chi connectivity index (χ4n) is 1.41. The Morgan fingerprint density at radius 1 is 1.28 bits per heavy atom. The highest BCUT2D eigenvalue weighted by molar-refractivity contribution is 7.98. The maximum Gasteiger partial charge on any atom is 0.257 e. The topological polar surface area (TPSA) is 38.9 Å². The molecule has 18 heavy (non-hydrogen) atoms. The van der Waals surface area contributed by atoms with Gasteiger partial charge in [0.2, 0.25) is 0 Å². The first kappa shape index (κ1) is 13.4. The largest absolute Gasteiger partial charge is 0.334 e. The van der Waals surface area contributed by atoms with Crippen molar-refractivity contribution < 1.29 is 4.52 Å². The van der Waals surface area contributed by atoms with Crippen LogP contribution in [0.15, 0.2) is 28.8 Å². The smallest absolute Gasteiger partial charge is 0.257 e. The van der Waals surface area contributed by atoms with Crippen molar-refractivity contribution in [2.24, 2.45) is 5.92 Å². The second kappa shape index (κ2) is 6.25. The normalized spacial score (nSPS) is 11.1. The molecule has 3 nitrogen and oxygen atoms in total. The van der Waals surface area contributed by atoms with Crippen LogP contribution in [0.5, 0.6) is 0 Å². The monoisotopic (exact) mass is 282 g/mol. The van der Waals surface area contributed by atoms with E-state index in [-0.39, 0.29) is 0 Å². The van der Waals surface area contributed by atoms with Crippen LogP contribution in [0.3, 0.4) is 0 Å². The van der Waals surface area contributed by atoms with Crippen molar-refractivity contribution in [1.82, 2.24) is 10.1 Å². The number of benzene rings is 1. The molecule has 0 N–H and O–H groups in total. The quantitative estimate of drug-likeness (QED) is 0.820. The molecule has 0 atom stereocenters. The average molecular weight is 283 g/mol. The number of nitrogens with zero attached hydrogens (tertiary/aromatic N) is 2. The predicted octanol–water partition coefficient (Wildman–Crippen LogP) is 4.28. The molecule has 1 heterocycles. The van der Waals surface area contributed by atoms with Crippen LogP contribution in [0.4, 0.5) is 0 Å². The summed E-state index contributed by atoms with van der Waals surface area (Å²) >= 11 is 7.65. The Kier molecular flexibility index (Phi) is 4.66. The second-order valence-corrected chi connectivity index (χ2v) is 5.90. The van der Waals surface area contributed by atoms with E-state index in [1.165, 1.54) is 0 Å². The first-order valence-corrected chi connectivity index (χ1v) is 7.34. The van der Waals surface area contributed by atoms with Gasteiger partial charge in [-0.1, -0.05) is 30.6 Å².